The number of rotatable bonds is 0. The van der Waals surface area contributed by atoms with Gasteiger partial charge in [0.15, 0.2) is 0 Å². The molecule has 0 fully saturated rings. The molecule has 0 radical (unpaired) electrons. The Morgan fingerprint density at radius 2 is 1.79 bits per heavy atom. The fraction of sp³-hybridized carbons (Fsp3) is 0.333. The first-order chi connectivity index (χ1) is 6.58. The Bertz CT molecular complexity index is 553. The summed E-state index contributed by atoms with van der Waals surface area (Å²) in [7, 11) is 0. The molecule has 1 N–H and O–H groups in total. The summed E-state index contributed by atoms with van der Waals surface area (Å²) in [4.78, 5) is 15.8. The number of H-pyrrole nitrogens is 1. The van der Waals surface area contributed by atoms with Gasteiger partial charge in [-0.2, -0.15) is 0 Å². The van der Waals surface area contributed by atoms with E-state index in [1.165, 1.54) is 0 Å². The number of nitrogens with zero attached hydrogens (tertiary/aromatic N) is 3. The van der Waals surface area contributed by atoms with Gasteiger partial charge in [0, 0.05) is 0 Å². The Kier molecular flexibility index (Phi) is 2.03. The Labute approximate surface area is 86.4 Å². The van der Waals surface area contributed by atoms with Crippen LogP contribution in [0.4, 0.5) is 0 Å². The van der Waals surface area contributed by atoms with Crippen LogP contribution in [0.25, 0.3) is 11.0 Å². The van der Waals surface area contributed by atoms with Gasteiger partial charge in [0.2, 0.25) is 0 Å². The molecule has 2 aromatic rings. The molecular formula is C9H10N4S. The number of fused-ring (bicyclic) bond motifs is 1. The largest absolute Gasteiger partial charge is 0.328 e. The lowest BCUT2D eigenvalue weighted by molar-refractivity contribution is 0.995. The van der Waals surface area contributed by atoms with Crippen LogP contribution in [-0.2, 0) is 0 Å². The van der Waals surface area contributed by atoms with Crippen LogP contribution in [0.15, 0.2) is 0 Å². The molecule has 0 bridgehead atoms. The van der Waals surface area contributed by atoms with Crippen molar-refractivity contribution < 1.29 is 0 Å². The van der Waals surface area contributed by atoms with Crippen molar-refractivity contribution in [3.8, 4) is 0 Å². The average molecular weight is 206 g/mol. The highest BCUT2D eigenvalue weighted by molar-refractivity contribution is 7.71. The Morgan fingerprint density at radius 3 is 2.50 bits per heavy atom. The number of hydrogen-bond acceptors (Lipinski definition) is 4. The summed E-state index contributed by atoms with van der Waals surface area (Å²) < 4.78 is 0.564. The molecule has 0 aliphatic carbocycles. The van der Waals surface area contributed by atoms with Crippen molar-refractivity contribution in [3.05, 3.63) is 22.0 Å². The lowest BCUT2D eigenvalue weighted by Crippen LogP contribution is -1.99. The quantitative estimate of drug-likeness (QED) is 0.670. The van der Waals surface area contributed by atoms with Crippen LogP contribution < -0.4 is 0 Å². The molecule has 0 aliphatic rings. The number of nitrogens with one attached hydrogen (secondary N) is 1. The lowest BCUT2D eigenvalue weighted by Gasteiger charge is -2.03. The molecule has 4 nitrogen and oxygen atoms in total. The fourth-order valence-electron chi connectivity index (χ4n) is 1.47. The second kappa shape index (κ2) is 3.09. The van der Waals surface area contributed by atoms with Crippen LogP contribution in [0.5, 0.6) is 0 Å². The molecule has 0 atom stereocenters. The topological polar surface area (TPSA) is 54.5 Å². The van der Waals surface area contributed by atoms with Crippen molar-refractivity contribution >= 4 is 23.3 Å². The summed E-state index contributed by atoms with van der Waals surface area (Å²) in [6.07, 6.45) is 0. The first kappa shape index (κ1) is 9.21. The smallest absolute Gasteiger partial charge is 0.145 e. The summed E-state index contributed by atoms with van der Waals surface area (Å²) in [6.45, 7) is 5.64. The first-order valence-corrected chi connectivity index (χ1v) is 4.70. The van der Waals surface area contributed by atoms with E-state index in [-0.39, 0.29) is 0 Å². The van der Waals surface area contributed by atoms with Gasteiger partial charge in [0.25, 0.3) is 0 Å². The van der Waals surface area contributed by atoms with Crippen molar-refractivity contribution in [1.29, 1.82) is 0 Å². The second-order valence-electron chi connectivity index (χ2n) is 3.21. The van der Waals surface area contributed by atoms with Crippen LogP contribution in [0.3, 0.4) is 0 Å². The van der Waals surface area contributed by atoms with Crippen molar-refractivity contribution in [3.63, 3.8) is 0 Å². The zero-order valence-corrected chi connectivity index (χ0v) is 9.07. The Balaban J connectivity index is 3.02. The van der Waals surface area contributed by atoms with E-state index in [4.69, 9.17) is 12.2 Å². The van der Waals surface area contributed by atoms with Crippen LogP contribution in [0, 0.1) is 25.4 Å². The van der Waals surface area contributed by atoms with Gasteiger partial charge >= 0.3 is 0 Å². The number of hydrogen-bond donors (Lipinski definition) is 1. The normalized spacial score (nSPS) is 10.8. The molecule has 0 saturated carbocycles. The molecule has 2 heterocycles. The summed E-state index contributed by atoms with van der Waals surface area (Å²) in [5, 5.41) is 0.844. The molecule has 0 amide bonds. The minimum atomic E-state index is 0.564. The molecule has 2 aromatic heterocycles. The highest BCUT2D eigenvalue weighted by Crippen LogP contribution is 2.13. The van der Waals surface area contributed by atoms with E-state index in [9.17, 15) is 0 Å². The fourth-order valence-corrected chi connectivity index (χ4v) is 1.85. The highest BCUT2D eigenvalue weighted by atomic mass is 32.1. The first-order valence-electron chi connectivity index (χ1n) is 4.30. The van der Waals surface area contributed by atoms with Gasteiger partial charge in [0.05, 0.1) is 11.1 Å². The molecule has 14 heavy (non-hydrogen) atoms. The molecule has 0 unspecified atom stereocenters. The van der Waals surface area contributed by atoms with Gasteiger partial charge < -0.3 is 4.98 Å². The Hall–Kier alpha value is -1.36. The third-order valence-corrected chi connectivity index (χ3v) is 2.28. The zero-order chi connectivity index (χ0) is 10.3. The molecule has 5 heteroatoms. The van der Waals surface area contributed by atoms with Crippen molar-refractivity contribution in [2.75, 3.05) is 0 Å². The summed E-state index contributed by atoms with van der Waals surface area (Å²) in [5.41, 5.74) is 1.65. The maximum Gasteiger partial charge on any atom is 0.145 e. The number of aromatic amines is 1. The van der Waals surface area contributed by atoms with Crippen molar-refractivity contribution in [2.45, 2.75) is 20.8 Å². The maximum absolute atomic E-state index is 5.16. The minimum Gasteiger partial charge on any atom is -0.328 e. The minimum absolute atomic E-state index is 0.564. The Morgan fingerprint density at radius 1 is 1.07 bits per heavy atom. The van der Waals surface area contributed by atoms with Gasteiger partial charge in [-0.3, -0.25) is 0 Å². The van der Waals surface area contributed by atoms with E-state index < -0.39 is 0 Å². The van der Waals surface area contributed by atoms with Gasteiger partial charge in [-0.25, -0.2) is 15.0 Å². The number of aromatic nitrogens is 4. The van der Waals surface area contributed by atoms with E-state index in [2.05, 4.69) is 19.9 Å². The van der Waals surface area contributed by atoms with E-state index in [0.29, 0.717) is 4.64 Å². The van der Waals surface area contributed by atoms with Gasteiger partial charge in [-0.1, -0.05) is 12.2 Å². The molecule has 0 aromatic carbocycles. The van der Waals surface area contributed by atoms with Gasteiger partial charge in [-0.05, 0) is 20.8 Å². The summed E-state index contributed by atoms with van der Waals surface area (Å²) in [5.74, 6) is 1.52. The van der Waals surface area contributed by atoms with Crippen molar-refractivity contribution in [2.24, 2.45) is 0 Å². The second-order valence-corrected chi connectivity index (χ2v) is 3.59. The van der Waals surface area contributed by atoms with E-state index in [1.54, 1.807) is 0 Å². The van der Waals surface area contributed by atoms with Gasteiger partial charge in [0.1, 0.15) is 21.9 Å². The predicted octanol–water partition coefficient (Wildman–Crippen LogP) is 2.01. The third-order valence-electron chi connectivity index (χ3n) is 1.98. The van der Waals surface area contributed by atoms with E-state index in [1.807, 2.05) is 20.8 Å². The number of aryl methyl sites for hydroxylation is 3. The molecule has 0 saturated heterocycles. The predicted molar refractivity (Wildman–Crippen MR) is 56.7 cm³/mol. The van der Waals surface area contributed by atoms with Crippen LogP contribution >= 0.6 is 12.2 Å². The van der Waals surface area contributed by atoms with E-state index >= 15 is 0 Å². The maximum atomic E-state index is 5.16. The van der Waals surface area contributed by atoms with E-state index in [0.717, 1.165) is 28.4 Å². The average Bonchev–Trinajstić information content (AvgIpc) is 1.99. The standard InChI is InChI=1S/C9H10N4S/c1-4-7-8(11-5(2)10-4)12-6(3)13-9(7)14/h1-3H3,(H,10,11,12,13,14). The molecular weight excluding hydrogens is 196 g/mol. The van der Waals surface area contributed by atoms with Crippen LogP contribution in [-0.4, -0.2) is 19.9 Å². The summed E-state index contributed by atoms with van der Waals surface area (Å²) >= 11 is 5.16. The SMILES string of the molecule is Cc1nc(C)c2c(=S)nc(C)[nH]c2n1. The monoisotopic (exact) mass is 206 g/mol. The molecule has 0 spiro atoms. The summed E-state index contributed by atoms with van der Waals surface area (Å²) in [6, 6.07) is 0. The highest BCUT2D eigenvalue weighted by Gasteiger charge is 2.05. The van der Waals surface area contributed by atoms with Gasteiger partial charge in [-0.15, -0.1) is 0 Å². The van der Waals surface area contributed by atoms with Crippen LogP contribution in [0.1, 0.15) is 17.3 Å². The zero-order valence-electron chi connectivity index (χ0n) is 8.25. The molecule has 72 valence electrons. The molecule has 2 rings (SSSR count). The molecule has 0 aliphatic heterocycles. The third kappa shape index (κ3) is 1.39. The van der Waals surface area contributed by atoms with Crippen molar-refractivity contribution in [1.82, 2.24) is 19.9 Å². The van der Waals surface area contributed by atoms with Crippen LogP contribution in [0.2, 0.25) is 0 Å². The lowest BCUT2D eigenvalue weighted by atomic mass is 10.3.